The normalized spacial score (nSPS) is 37.7. The molecule has 5 aliphatic rings. The molecular formula is C21H34. The summed E-state index contributed by atoms with van der Waals surface area (Å²) in [4.78, 5) is 0. The van der Waals surface area contributed by atoms with Crippen molar-refractivity contribution in [1.29, 1.82) is 0 Å². The second kappa shape index (κ2) is 4.30. The predicted octanol–water partition coefficient (Wildman–Crippen LogP) is 6.63. The molecule has 21 heavy (non-hydrogen) atoms. The summed E-state index contributed by atoms with van der Waals surface area (Å²) in [6.07, 6.45) is 27.0. The molecule has 0 bridgehead atoms. The number of hydrogen-bond acceptors (Lipinski definition) is 0. The van der Waals surface area contributed by atoms with Crippen LogP contribution in [0.3, 0.4) is 0 Å². The molecular weight excluding hydrogens is 252 g/mol. The van der Waals surface area contributed by atoms with Gasteiger partial charge in [0.05, 0.1) is 0 Å². The van der Waals surface area contributed by atoms with Gasteiger partial charge in [0.15, 0.2) is 0 Å². The third-order valence-corrected chi connectivity index (χ3v) is 9.04. The summed E-state index contributed by atoms with van der Waals surface area (Å²) in [6, 6.07) is 0. The van der Waals surface area contributed by atoms with E-state index in [1.165, 1.54) is 0 Å². The maximum absolute atomic E-state index is 1.61. The van der Waals surface area contributed by atoms with Crippen LogP contribution in [-0.2, 0) is 0 Å². The first-order valence-electron chi connectivity index (χ1n) is 10.2. The molecule has 0 unspecified atom stereocenters. The molecule has 5 fully saturated rings. The van der Waals surface area contributed by atoms with E-state index >= 15 is 0 Å². The van der Waals surface area contributed by atoms with Gasteiger partial charge in [-0.1, -0.05) is 32.1 Å². The van der Waals surface area contributed by atoms with E-state index in [1.54, 1.807) is 109 Å². The molecule has 5 aliphatic carbocycles. The molecule has 5 rings (SSSR count). The standard InChI is InChI=1S/C21H34/c1-2-6-18(10-11-18)20(14-15-20)8-4-5-9-21(16-17-21)19(7-3-1)12-13-19/h1-17H2. The fourth-order valence-corrected chi connectivity index (χ4v) is 6.82. The molecule has 0 aromatic rings. The molecule has 118 valence electrons. The first-order chi connectivity index (χ1) is 10.2. The first-order valence-corrected chi connectivity index (χ1v) is 10.2. The lowest BCUT2D eigenvalue weighted by atomic mass is 9.77. The summed E-state index contributed by atoms with van der Waals surface area (Å²) in [5.41, 5.74) is 3.48. The van der Waals surface area contributed by atoms with E-state index in [-0.39, 0.29) is 0 Å². The molecule has 0 aromatic heterocycles. The minimum absolute atomic E-state index is 0.870. The minimum atomic E-state index is 0.870. The Hall–Kier alpha value is 0. The highest BCUT2D eigenvalue weighted by atomic mass is 14.7. The van der Waals surface area contributed by atoms with Gasteiger partial charge in [0.1, 0.15) is 0 Å². The fourth-order valence-electron chi connectivity index (χ4n) is 6.82. The third kappa shape index (κ3) is 1.99. The van der Waals surface area contributed by atoms with Crippen LogP contribution >= 0.6 is 0 Å². The molecule has 0 heteroatoms. The van der Waals surface area contributed by atoms with Crippen molar-refractivity contribution in [2.45, 2.75) is 109 Å². The van der Waals surface area contributed by atoms with E-state index in [4.69, 9.17) is 0 Å². The van der Waals surface area contributed by atoms with Crippen LogP contribution in [0.1, 0.15) is 109 Å². The lowest BCUT2D eigenvalue weighted by Gasteiger charge is -2.28. The highest BCUT2D eigenvalue weighted by Crippen LogP contribution is 2.76. The van der Waals surface area contributed by atoms with Crippen molar-refractivity contribution in [3.05, 3.63) is 0 Å². The van der Waals surface area contributed by atoms with Gasteiger partial charge in [-0.25, -0.2) is 0 Å². The van der Waals surface area contributed by atoms with Gasteiger partial charge in [0.25, 0.3) is 0 Å². The summed E-state index contributed by atoms with van der Waals surface area (Å²) in [6.45, 7) is 0. The van der Waals surface area contributed by atoms with Crippen LogP contribution in [0.25, 0.3) is 0 Å². The third-order valence-electron chi connectivity index (χ3n) is 9.04. The van der Waals surface area contributed by atoms with E-state index in [1.807, 2.05) is 0 Å². The number of rotatable bonds is 0. The number of fused-ring (bicyclic) bond motifs is 2. The number of hydrogen-bond donors (Lipinski definition) is 0. The second-order valence-electron chi connectivity index (χ2n) is 9.89. The van der Waals surface area contributed by atoms with Crippen molar-refractivity contribution >= 4 is 0 Å². The Balaban J connectivity index is 1.29. The molecule has 0 N–H and O–H groups in total. The predicted molar refractivity (Wildman–Crippen MR) is 88.2 cm³/mol. The largest absolute Gasteiger partial charge is 0.0533 e. The van der Waals surface area contributed by atoms with Gasteiger partial charge in [-0.05, 0) is 98.7 Å². The first kappa shape index (κ1) is 13.4. The monoisotopic (exact) mass is 286 g/mol. The summed E-state index contributed by atoms with van der Waals surface area (Å²) >= 11 is 0. The van der Waals surface area contributed by atoms with Crippen LogP contribution in [0, 0.1) is 21.7 Å². The maximum Gasteiger partial charge on any atom is -0.0241 e. The Morgan fingerprint density at radius 1 is 0.238 bits per heavy atom. The zero-order chi connectivity index (χ0) is 14.0. The minimum Gasteiger partial charge on any atom is -0.0533 e. The lowest BCUT2D eigenvalue weighted by Crippen LogP contribution is -2.18. The average molecular weight is 287 g/mol. The van der Waals surface area contributed by atoms with Crippen molar-refractivity contribution in [3.8, 4) is 0 Å². The van der Waals surface area contributed by atoms with Crippen LogP contribution in [0.15, 0.2) is 0 Å². The highest BCUT2D eigenvalue weighted by Gasteiger charge is 2.65. The van der Waals surface area contributed by atoms with Crippen LogP contribution < -0.4 is 0 Å². The fraction of sp³-hybridized carbons (Fsp3) is 1.00. The molecule has 4 spiro atoms. The molecule has 5 saturated carbocycles. The van der Waals surface area contributed by atoms with Gasteiger partial charge in [-0.15, -0.1) is 0 Å². The molecule has 0 saturated heterocycles. The Morgan fingerprint density at radius 2 is 0.476 bits per heavy atom. The summed E-state index contributed by atoms with van der Waals surface area (Å²) < 4.78 is 0. The van der Waals surface area contributed by atoms with Crippen molar-refractivity contribution < 1.29 is 0 Å². The van der Waals surface area contributed by atoms with E-state index in [2.05, 4.69) is 0 Å². The molecule has 0 heterocycles. The van der Waals surface area contributed by atoms with Gasteiger partial charge in [-0.3, -0.25) is 0 Å². The van der Waals surface area contributed by atoms with Crippen molar-refractivity contribution in [2.24, 2.45) is 21.7 Å². The van der Waals surface area contributed by atoms with Crippen molar-refractivity contribution in [1.82, 2.24) is 0 Å². The van der Waals surface area contributed by atoms with E-state index in [0.29, 0.717) is 0 Å². The van der Waals surface area contributed by atoms with E-state index in [0.717, 1.165) is 21.7 Å². The smallest absolute Gasteiger partial charge is 0.0241 e. The van der Waals surface area contributed by atoms with Gasteiger partial charge < -0.3 is 0 Å². The van der Waals surface area contributed by atoms with Crippen molar-refractivity contribution in [3.63, 3.8) is 0 Å². The summed E-state index contributed by atoms with van der Waals surface area (Å²) in [5.74, 6) is 0. The Bertz CT molecular complexity index is 375. The Morgan fingerprint density at radius 3 is 0.714 bits per heavy atom. The van der Waals surface area contributed by atoms with Gasteiger partial charge >= 0.3 is 0 Å². The molecule has 0 radical (unpaired) electrons. The topological polar surface area (TPSA) is 0 Å². The van der Waals surface area contributed by atoms with Crippen LogP contribution in [0.5, 0.6) is 0 Å². The van der Waals surface area contributed by atoms with E-state index < -0.39 is 0 Å². The van der Waals surface area contributed by atoms with Crippen LogP contribution in [0.2, 0.25) is 0 Å². The van der Waals surface area contributed by atoms with E-state index in [9.17, 15) is 0 Å². The van der Waals surface area contributed by atoms with Gasteiger partial charge in [-0.2, -0.15) is 0 Å². The maximum atomic E-state index is 1.61. The second-order valence-corrected chi connectivity index (χ2v) is 9.89. The van der Waals surface area contributed by atoms with Crippen LogP contribution in [0.4, 0.5) is 0 Å². The van der Waals surface area contributed by atoms with Gasteiger partial charge in [0, 0.05) is 0 Å². The SMILES string of the molecule is C1CCC2(CC2)C2(CCCCC3(CC3)C3(CC1)CC3)CC2. The zero-order valence-corrected chi connectivity index (χ0v) is 14.0. The Kier molecular flexibility index (Phi) is 2.75. The summed E-state index contributed by atoms with van der Waals surface area (Å²) in [7, 11) is 0. The summed E-state index contributed by atoms with van der Waals surface area (Å²) in [5, 5.41) is 0. The molecule has 0 amide bonds. The highest BCUT2D eigenvalue weighted by molar-refractivity contribution is 5.15. The quantitative estimate of drug-likeness (QED) is 0.468. The van der Waals surface area contributed by atoms with Crippen LogP contribution in [-0.4, -0.2) is 0 Å². The lowest BCUT2D eigenvalue weighted by molar-refractivity contribution is 0.220. The van der Waals surface area contributed by atoms with Crippen molar-refractivity contribution in [2.75, 3.05) is 0 Å². The molecule has 0 aromatic carbocycles. The average Bonchev–Trinajstić information content (AvgIpc) is 3.32. The molecule has 0 atom stereocenters. The molecule has 0 aliphatic heterocycles. The van der Waals surface area contributed by atoms with Gasteiger partial charge in [0.2, 0.25) is 0 Å². The zero-order valence-electron chi connectivity index (χ0n) is 14.0. The molecule has 0 nitrogen and oxygen atoms in total. The Labute approximate surface area is 131 Å².